The minimum absolute atomic E-state index is 0.0664. The highest BCUT2D eigenvalue weighted by Gasteiger charge is 2.27. The maximum absolute atomic E-state index is 13.6. The second kappa shape index (κ2) is 9.84. The maximum Gasteiger partial charge on any atom is 0.194 e. The molecule has 1 N–H and O–H groups in total. The Kier molecular flexibility index (Phi) is 6.93. The van der Waals surface area contributed by atoms with Crippen molar-refractivity contribution in [2.75, 3.05) is 27.2 Å². The first kappa shape index (κ1) is 21.8. The van der Waals surface area contributed by atoms with E-state index in [0.717, 1.165) is 47.2 Å². The molecule has 0 amide bonds. The van der Waals surface area contributed by atoms with E-state index in [1.54, 1.807) is 23.5 Å². The number of hydrogen-bond acceptors (Lipinski definition) is 5. The van der Waals surface area contributed by atoms with Crippen LogP contribution in [0.2, 0.25) is 0 Å². The monoisotopic (exact) mass is 437 g/mol. The van der Waals surface area contributed by atoms with Crippen molar-refractivity contribution in [1.82, 2.24) is 4.90 Å². The Morgan fingerprint density at radius 1 is 1.10 bits per heavy atom. The zero-order valence-electron chi connectivity index (χ0n) is 18.4. The van der Waals surface area contributed by atoms with Crippen LogP contribution in [-0.4, -0.2) is 43.0 Å². The lowest BCUT2D eigenvalue weighted by atomic mass is 9.85. The number of rotatable bonds is 8. The van der Waals surface area contributed by atoms with E-state index in [9.17, 15) is 9.90 Å². The number of nitrogens with zero attached hydrogens (tertiary/aromatic N) is 1. The first-order chi connectivity index (χ1) is 15.0. The van der Waals surface area contributed by atoms with E-state index in [2.05, 4.69) is 19.0 Å². The van der Waals surface area contributed by atoms with Gasteiger partial charge in [0.25, 0.3) is 0 Å². The second-order valence-corrected chi connectivity index (χ2v) is 9.80. The van der Waals surface area contributed by atoms with E-state index in [0.29, 0.717) is 18.1 Å². The predicted molar refractivity (Wildman–Crippen MR) is 128 cm³/mol. The van der Waals surface area contributed by atoms with Crippen molar-refractivity contribution in [1.29, 1.82) is 0 Å². The van der Waals surface area contributed by atoms with Crippen molar-refractivity contribution in [3.63, 3.8) is 0 Å². The van der Waals surface area contributed by atoms with E-state index < -0.39 is 0 Å². The summed E-state index contributed by atoms with van der Waals surface area (Å²) in [7, 11) is 4.11. The van der Waals surface area contributed by atoms with Crippen LogP contribution in [0.3, 0.4) is 0 Å². The van der Waals surface area contributed by atoms with Gasteiger partial charge in [-0.05, 0) is 81.7 Å². The van der Waals surface area contributed by atoms with Gasteiger partial charge in [0, 0.05) is 32.6 Å². The Balaban J connectivity index is 1.59. The van der Waals surface area contributed by atoms with Crippen molar-refractivity contribution >= 4 is 27.2 Å². The van der Waals surface area contributed by atoms with Crippen LogP contribution in [0.15, 0.2) is 42.5 Å². The fourth-order valence-electron chi connectivity index (χ4n) is 4.41. The molecule has 0 unspecified atom stereocenters. The van der Waals surface area contributed by atoms with Crippen LogP contribution in [0.4, 0.5) is 0 Å². The SMILES string of the molecule is CN(C)CCCOc1ccc(C(=O)c2c(C3CCCCC3)sc3cc(O)ccc23)cc1. The first-order valence-electron chi connectivity index (χ1n) is 11.2. The molecule has 5 heteroatoms. The minimum atomic E-state index is 0.0664. The van der Waals surface area contributed by atoms with E-state index in [1.807, 2.05) is 30.3 Å². The summed E-state index contributed by atoms with van der Waals surface area (Å²) in [5.74, 6) is 1.55. The lowest BCUT2D eigenvalue weighted by molar-refractivity contribution is 0.103. The summed E-state index contributed by atoms with van der Waals surface area (Å²) in [5.41, 5.74) is 1.51. The van der Waals surface area contributed by atoms with Crippen LogP contribution in [0.5, 0.6) is 11.5 Å². The number of aromatic hydroxyl groups is 1. The molecule has 1 heterocycles. The number of fused-ring (bicyclic) bond motifs is 1. The average molecular weight is 438 g/mol. The second-order valence-electron chi connectivity index (χ2n) is 8.72. The number of carbonyl (C=O) groups is 1. The molecule has 1 aromatic heterocycles. The number of ketones is 1. The summed E-state index contributed by atoms with van der Waals surface area (Å²) in [6, 6.07) is 12.9. The number of phenolic OH excluding ortho intramolecular Hbond substituents is 1. The molecule has 1 aliphatic rings. The Hall–Kier alpha value is -2.37. The molecule has 31 heavy (non-hydrogen) atoms. The van der Waals surface area contributed by atoms with Crippen LogP contribution in [0.1, 0.15) is 65.2 Å². The molecule has 2 aromatic carbocycles. The highest BCUT2D eigenvalue weighted by molar-refractivity contribution is 7.19. The molecule has 0 spiro atoms. The van der Waals surface area contributed by atoms with Crippen LogP contribution in [0, 0.1) is 0 Å². The smallest absolute Gasteiger partial charge is 0.194 e. The molecule has 0 aliphatic heterocycles. The van der Waals surface area contributed by atoms with Gasteiger partial charge in [-0.3, -0.25) is 4.79 Å². The predicted octanol–water partition coefficient (Wildman–Crippen LogP) is 6.22. The normalized spacial score (nSPS) is 14.9. The Morgan fingerprint density at radius 2 is 1.84 bits per heavy atom. The standard InChI is InChI=1S/C26H31NO3S/c1-27(2)15-6-16-30-21-12-9-18(10-13-21)25(29)24-22-14-11-20(28)17-23(22)31-26(24)19-7-4-3-5-8-19/h9-14,17,19,28H,3-8,15-16H2,1-2H3. The van der Waals surface area contributed by atoms with Gasteiger partial charge >= 0.3 is 0 Å². The number of hydrogen-bond donors (Lipinski definition) is 1. The highest BCUT2D eigenvalue weighted by atomic mass is 32.1. The van der Waals surface area contributed by atoms with Gasteiger partial charge in [0.15, 0.2) is 5.78 Å². The van der Waals surface area contributed by atoms with Crippen molar-refractivity contribution in [3.05, 3.63) is 58.5 Å². The van der Waals surface area contributed by atoms with Crippen LogP contribution in [0.25, 0.3) is 10.1 Å². The summed E-state index contributed by atoms with van der Waals surface area (Å²) in [5, 5.41) is 10.9. The zero-order chi connectivity index (χ0) is 21.8. The third-order valence-corrected chi connectivity index (χ3v) is 7.35. The summed E-state index contributed by atoms with van der Waals surface area (Å²) in [6.45, 7) is 1.65. The van der Waals surface area contributed by atoms with Crippen LogP contribution < -0.4 is 4.74 Å². The number of benzene rings is 2. The molecular weight excluding hydrogens is 406 g/mol. The van der Waals surface area contributed by atoms with Crippen LogP contribution >= 0.6 is 11.3 Å². The Morgan fingerprint density at radius 3 is 2.55 bits per heavy atom. The minimum Gasteiger partial charge on any atom is -0.508 e. The largest absolute Gasteiger partial charge is 0.508 e. The third-order valence-electron chi connectivity index (χ3n) is 6.04. The van der Waals surface area contributed by atoms with Crippen LogP contribution in [-0.2, 0) is 0 Å². The molecule has 0 atom stereocenters. The molecule has 0 radical (unpaired) electrons. The van der Waals surface area contributed by atoms with Gasteiger partial charge in [0.05, 0.1) is 6.61 Å². The number of phenols is 1. The molecule has 0 bridgehead atoms. The van der Waals surface area contributed by atoms with Gasteiger partial charge < -0.3 is 14.7 Å². The van der Waals surface area contributed by atoms with Gasteiger partial charge in [-0.2, -0.15) is 0 Å². The van der Waals surface area contributed by atoms with Crippen molar-refractivity contribution in [2.45, 2.75) is 44.4 Å². The first-order valence-corrected chi connectivity index (χ1v) is 12.0. The summed E-state index contributed by atoms with van der Waals surface area (Å²) < 4.78 is 6.81. The molecule has 4 nitrogen and oxygen atoms in total. The molecule has 1 fully saturated rings. The number of ether oxygens (including phenoxy) is 1. The highest BCUT2D eigenvalue weighted by Crippen LogP contribution is 2.44. The zero-order valence-corrected chi connectivity index (χ0v) is 19.2. The van der Waals surface area contributed by atoms with Crippen molar-refractivity contribution < 1.29 is 14.6 Å². The van der Waals surface area contributed by atoms with E-state index >= 15 is 0 Å². The van der Waals surface area contributed by atoms with Gasteiger partial charge in [0.2, 0.25) is 0 Å². The Bertz CT molecular complexity index is 1030. The molecule has 164 valence electrons. The summed E-state index contributed by atoms with van der Waals surface area (Å²) in [6.07, 6.45) is 6.96. The number of carbonyl (C=O) groups excluding carboxylic acids is 1. The van der Waals surface area contributed by atoms with Gasteiger partial charge in [-0.15, -0.1) is 11.3 Å². The third kappa shape index (κ3) is 5.10. The topological polar surface area (TPSA) is 49.8 Å². The molecule has 1 saturated carbocycles. The van der Waals surface area contributed by atoms with E-state index in [4.69, 9.17) is 4.74 Å². The number of thiophene rings is 1. The molecule has 4 rings (SSSR count). The van der Waals surface area contributed by atoms with Gasteiger partial charge in [0.1, 0.15) is 11.5 Å². The quantitative estimate of drug-likeness (QED) is 0.336. The maximum atomic E-state index is 13.6. The van der Waals surface area contributed by atoms with Crippen molar-refractivity contribution in [2.24, 2.45) is 0 Å². The molecular formula is C26H31NO3S. The molecule has 0 saturated heterocycles. The summed E-state index contributed by atoms with van der Waals surface area (Å²) >= 11 is 1.68. The lowest BCUT2D eigenvalue weighted by Gasteiger charge is -2.21. The van der Waals surface area contributed by atoms with Gasteiger partial charge in [-0.25, -0.2) is 0 Å². The Labute approximate surface area is 188 Å². The summed E-state index contributed by atoms with van der Waals surface area (Å²) in [4.78, 5) is 16.9. The molecule has 3 aromatic rings. The fraction of sp³-hybridized carbons (Fsp3) is 0.423. The van der Waals surface area contributed by atoms with Crippen molar-refractivity contribution in [3.8, 4) is 11.5 Å². The molecule has 1 aliphatic carbocycles. The van der Waals surface area contributed by atoms with E-state index in [1.165, 1.54) is 24.1 Å². The average Bonchev–Trinajstić information content (AvgIpc) is 3.15. The van der Waals surface area contributed by atoms with Gasteiger partial charge in [-0.1, -0.05) is 19.3 Å². The fourth-order valence-corrected chi connectivity index (χ4v) is 5.81. The lowest BCUT2D eigenvalue weighted by Crippen LogP contribution is -2.15. The van der Waals surface area contributed by atoms with E-state index in [-0.39, 0.29) is 11.5 Å².